The first-order valence-corrected chi connectivity index (χ1v) is 7.25. The van der Waals surface area contributed by atoms with Crippen LogP contribution in [0.25, 0.3) is 0 Å². The number of aliphatic imine (C=N–C) groups is 1. The van der Waals surface area contributed by atoms with E-state index in [2.05, 4.69) is 23.1 Å². The molecule has 100 valence electrons. The van der Waals surface area contributed by atoms with Crippen LogP contribution in [0.4, 0.5) is 5.69 Å². The normalized spacial score (nSPS) is 10.5. The number of methoxy groups -OCH3 is 1. The fraction of sp³-hybridized carbons (Fsp3) is 0.500. The maximum absolute atomic E-state index is 5.01. The number of ether oxygens (including phenoxy) is 1. The predicted octanol–water partition coefficient (Wildman–Crippen LogP) is 3.47. The standard InChI is InChI=1S/C14H22N2OS/c1-15-13-8-4-5-9-14(13)18-12-16-10-6-3-7-11-17-2/h4-5,8-9,16H,1,3,6-7,10-12H2,2H3. The lowest BCUT2D eigenvalue weighted by Crippen LogP contribution is -2.14. The number of benzene rings is 1. The highest BCUT2D eigenvalue weighted by atomic mass is 32.2. The van der Waals surface area contributed by atoms with Gasteiger partial charge in [-0.2, -0.15) is 0 Å². The lowest BCUT2D eigenvalue weighted by Gasteiger charge is -2.06. The van der Waals surface area contributed by atoms with E-state index in [0.29, 0.717) is 0 Å². The Morgan fingerprint density at radius 2 is 2.11 bits per heavy atom. The van der Waals surface area contributed by atoms with E-state index in [1.807, 2.05) is 18.2 Å². The van der Waals surface area contributed by atoms with E-state index in [1.165, 1.54) is 17.7 Å². The summed E-state index contributed by atoms with van der Waals surface area (Å²) in [5, 5.41) is 3.42. The number of nitrogens with zero attached hydrogens (tertiary/aromatic N) is 1. The lowest BCUT2D eigenvalue weighted by atomic mass is 10.2. The molecular formula is C14H22N2OS. The highest BCUT2D eigenvalue weighted by molar-refractivity contribution is 7.99. The van der Waals surface area contributed by atoms with Gasteiger partial charge in [-0.1, -0.05) is 12.1 Å². The Hall–Kier alpha value is -0.840. The maximum atomic E-state index is 5.01. The van der Waals surface area contributed by atoms with Crippen LogP contribution in [0.5, 0.6) is 0 Å². The zero-order chi connectivity index (χ0) is 13.1. The highest BCUT2D eigenvalue weighted by Gasteiger charge is 1.99. The molecule has 0 atom stereocenters. The maximum Gasteiger partial charge on any atom is 0.0758 e. The summed E-state index contributed by atoms with van der Waals surface area (Å²) in [5.41, 5.74) is 0.962. The molecule has 0 aliphatic carbocycles. The molecule has 0 saturated heterocycles. The predicted molar refractivity (Wildman–Crippen MR) is 80.1 cm³/mol. The summed E-state index contributed by atoms with van der Waals surface area (Å²) < 4.78 is 5.01. The van der Waals surface area contributed by atoms with Crippen LogP contribution < -0.4 is 5.32 Å². The van der Waals surface area contributed by atoms with Gasteiger partial charge in [-0.15, -0.1) is 11.8 Å². The van der Waals surface area contributed by atoms with Crippen molar-refractivity contribution >= 4 is 24.2 Å². The van der Waals surface area contributed by atoms with Gasteiger partial charge in [-0.3, -0.25) is 4.99 Å². The number of hydrogen-bond donors (Lipinski definition) is 1. The molecule has 0 amide bonds. The molecule has 0 unspecified atom stereocenters. The van der Waals surface area contributed by atoms with Gasteiger partial charge >= 0.3 is 0 Å². The van der Waals surface area contributed by atoms with E-state index in [9.17, 15) is 0 Å². The Bertz CT molecular complexity index is 344. The van der Waals surface area contributed by atoms with Gasteiger partial charge in [0, 0.05) is 24.5 Å². The van der Waals surface area contributed by atoms with E-state index < -0.39 is 0 Å². The first-order valence-electron chi connectivity index (χ1n) is 6.26. The van der Waals surface area contributed by atoms with Crippen LogP contribution in [0.1, 0.15) is 19.3 Å². The molecule has 0 bridgehead atoms. The molecule has 1 rings (SSSR count). The third-order valence-electron chi connectivity index (χ3n) is 2.57. The molecule has 0 spiro atoms. The van der Waals surface area contributed by atoms with Crippen molar-refractivity contribution in [2.24, 2.45) is 4.99 Å². The molecule has 0 aromatic heterocycles. The average molecular weight is 266 g/mol. The number of para-hydroxylation sites is 1. The number of nitrogens with one attached hydrogen (secondary N) is 1. The van der Waals surface area contributed by atoms with Gasteiger partial charge in [0.25, 0.3) is 0 Å². The van der Waals surface area contributed by atoms with Crippen molar-refractivity contribution in [3.63, 3.8) is 0 Å². The Labute approximate surface area is 114 Å². The second kappa shape index (κ2) is 10.1. The van der Waals surface area contributed by atoms with Gasteiger partial charge < -0.3 is 10.1 Å². The Kier molecular flexibility index (Phi) is 8.55. The van der Waals surface area contributed by atoms with Crippen molar-refractivity contribution in [3.8, 4) is 0 Å². The summed E-state index contributed by atoms with van der Waals surface area (Å²) in [5.74, 6) is 0.914. The van der Waals surface area contributed by atoms with Crippen molar-refractivity contribution in [2.75, 3.05) is 26.1 Å². The van der Waals surface area contributed by atoms with Crippen molar-refractivity contribution < 1.29 is 4.74 Å². The second-order valence-electron chi connectivity index (χ2n) is 3.97. The minimum atomic E-state index is 0.868. The monoisotopic (exact) mass is 266 g/mol. The molecule has 0 aliphatic heterocycles. The van der Waals surface area contributed by atoms with Gasteiger partial charge in [0.1, 0.15) is 0 Å². The summed E-state index contributed by atoms with van der Waals surface area (Å²) in [4.78, 5) is 5.19. The van der Waals surface area contributed by atoms with Gasteiger partial charge in [0.15, 0.2) is 0 Å². The second-order valence-corrected chi connectivity index (χ2v) is 4.99. The number of unbranched alkanes of at least 4 members (excludes halogenated alkanes) is 2. The molecule has 4 heteroatoms. The lowest BCUT2D eigenvalue weighted by molar-refractivity contribution is 0.192. The van der Waals surface area contributed by atoms with Crippen LogP contribution >= 0.6 is 11.8 Å². The van der Waals surface area contributed by atoms with Gasteiger partial charge in [0.05, 0.1) is 5.69 Å². The smallest absolute Gasteiger partial charge is 0.0758 e. The van der Waals surface area contributed by atoms with Crippen molar-refractivity contribution in [1.82, 2.24) is 5.32 Å². The van der Waals surface area contributed by atoms with Gasteiger partial charge in [-0.05, 0) is 44.7 Å². The molecule has 1 aromatic rings. The number of hydrogen-bond acceptors (Lipinski definition) is 4. The van der Waals surface area contributed by atoms with E-state index in [1.54, 1.807) is 18.9 Å². The third kappa shape index (κ3) is 6.19. The van der Waals surface area contributed by atoms with E-state index in [4.69, 9.17) is 4.74 Å². The van der Waals surface area contributed by atoms with Crippen LogP contribution in [0.2, 0.25) is 0 Å². The molecule has 1 N–H and O–H groups in total. The van der Waals surface area contributed by atoms with Crippen LogP contribution in [-0.2, 0) is 4.74 Å². The first-order chi connectivity index (χ1) is 8.88. The summed E-state index contributed by atoms with van der Waals surface area (Å²) in [7, 11) is 1.75. The first kappa shape index (κ1) is 15.2. The minimum Gasteiger partial charge on any atom is -0.385 e. The van der Waals surface area contributed by atoms with E-state index in [-0.39, 0.29) is 0 Å². The van der Waals surface area contributed by atoms with E-state index in [0.717, 1.165) is 31.1 Å². The van der Waals surface area contributed by atoms with Gasteiger partial charge in [0.2, 0.25) is 0 Å². The summed E-state index contributed by atoms with van der Waals surface area (Å²) >= 11 is 1.77. The molecule has 0 fully saturated rings. The van der Waals surface area contributed by atoms with Crippen LogP contribution in [0.3, 0.4) is 0 Å². The molecule has 0 radical (unpaired) electrons. The zero-order valence-corrected chi connectivity index (χ0v) is 11.8. The highest BCUT2D eigenvalue weighted by Crippen LogP contribution is 2.27. The fourth-order valence-electron chi connectivity index (χ4n) is 1.58. The van der Waals surface area contributed by atoms with Crippen LogP contribution in [0, 0.1) is 0 Å². The molecule has 0 aliphatic rings. The Morgan fingerprint density at radius 1 is 1.28 bits per heavy atom. The van der Waals surface area contributed by atoms with Crippen molar-refractivity contribution in [3.05, 3.63) is 24.3 Å². The number of rotatable bonds is 10. The molecule has 0 heterocycles. The molecule has 3 nitrogen and oxygen atoms in total. The number of thioether (sulfide) groups is 1. The van der Waals surface area contributed by atoms with Gasteiger partial charge in [-0.25, -0.2) is 0 Å². The SMILES string of the molecule is C=Nc1ccccc1SCNCCCCCOC. The van der Waals surface area contributed by atoms with Crippen LogP contribution in [0.15, 0.2) is 34.2 Å². The fourth-order valence-corrected chi connectivity index (χ4v) is 2.44. The largest absolute Gasteiger partial charge is 0.385 e. The molecule has 0 saturated carbocycles. The topological polar surface area (TPSA) is 33.6 Å². The van der Waals surface area contributed by atoms with Crippen molar-refractivity contribution in [1.29, 1.82) is 0 Å². The summed E-state index contributed by atoms with van der Waals surface area (Å²) in [6, 6.07) is 8.08. The van der Waals surface area contributed by atoms with Crippen molar-refractivity contribution in [2.45, 2.75) is 24.2 Å². The quantitative estimate of drug-likeness (QED) is 0.305. The third-order valence-corrected chi connectivity index (χ3v) is 3.57. The minimum absolute atomic E-state index is 0.868. The molecule has 18 heavy (non-hydrogen) atoms. The average Bonchev–Trinajstić information content (AvgIpc) is 2.42. The summed E-state index contributed by atoms with van der Waals surface area (Å²) in [6.07, 6.45) is 3.57. The molecule has 1 aromatic carbocycles. The molecular weight excluding hydrogens is 244 g/mol. The van der Waals surface area contributed by atoms with Crippen LogP contribution in [-0.4, -0.2) is 32.9 Å². The Morgan fingerprint density at radius 3 is 2.89 bits per heavy atom. The van der Waals surface area contributed by atoms with E-state index >= 15 is 0 Å². The zero-order valence-electron chi connectivity index (χ0n) is 11.0. The Balaban J connectivity index is 2.09. The summed E-state index contributed by atoms with van der Waals surface area (Å²) in [6.45, 7) is 5.51.